The molecule has 1 N–H and O–H groups in total. The molecule has 0 aliphatic heterocycles. The molecule has 144 valence electrons. The van der Waals surface area contributed by atoms with Crippen molar-refractivity contribution in [1.29, 1.82) is 0 Å². The summed E-state index contributed by atoms with van der Waals surface area (Å²) in [5.41, 5.74) is 2.50. The molecular weight excluding hydrogens is 376 g/mol. The molecule has 0 aliphatic carbocycles. The van der Waals surface area contributed by atoms with Crippen molar-refractivity contribution in [2.75, 3.05) is 5.32 Å². The third-order valence-electron chi connectivity index (χ3n) is 4.98. The largest absolute Gasteiger partial charge is 0.339 e. The molecule has 4 aromatic carbocycles. The van der Waals surface area contributed by atoms with Gasteiger partial charge in [0.05, 0.1) is 10.4 Å². The molecule has 0 spiro atoms. The lowest BCUT2D eigenvalue weighted by molar-refractivity contribution is -0.384. The minimum Gasteiger partial charge on any atom is -0.339 e. The Labute approximate surface area is 172 Å². The summed E-state index contributed by atoms with van der Waals surface area (Å²) in [4.78, 5) is 20.0. The van der Waals surface area contributed by atoms with Gasteiger partial charge >= 0.3 is 0 Å². The zero-order valence-corrected chi connectivity index (χ0v) is 15.8. The van der Waals surface area contributed by atoms with Crippen LogP contribution in [-0.4, -0.2) is 14.9 Å². The fourth-order valence-electron chi connectivity index (χ4n) is 3.50. The van der Waals surface area contributed by atoms with Crippen LogP contribution < -0.4 is 5.32 Å². The summed E-state index contributed by atoms with van der Waals surface area (Å²) >= 11 is 0. The summed E-state index contributed by atoms with van der Waals surface area (Å²) < 4.78 is 0. The van der Waals surface area contributed by atoms with Gasteiger partial charge < -0.3 is 5.32 Å². The van der Waals surface area contributed by atoms with Gasteiger partial charge in [-0.1, -0.05) is 48.5 Å². The number of nitro benzene ring substituents is 1. The van der Waals surface area contributed by atoms with Gasteiger partial charge in [0.15, 0.2) is 5.82 Å². The maximum atomic E-state index is 11.0. The number of aromatic nitrogens is 2. The molecule has 6 nitrogen and oxygen atoms in total. The van der Waals surface area contributed by atoms with Crippen molar-refractivity contribution < 1.29 is 4.92 Å². The second-order valence-corrected chi connectivity index (χ2v) is 6.87. The average molecular weight is 392 g/mol. The normalized spacial score (nSPS) is 10.9. The molecule has 30 heavy (non-hydrogen) atoms. The van der Waals surface area contributed by atoms with Crippen LogP contribution in [0, 0.1) is 10.1 Å². The lowest BCUT2D eigenvalue weighted by atomic mass is 10.1. The number of fused-ring (bicyclic) bond motifs is 2. The Hall–Kier alpha value is -4.32. The summed E-state index contributed by atoms with van der Waals surface area (Å²) in [6.07, 6.45) is 0. The van der Waals surface area contributed by atoms with Crippen LogP contribution in [-0.2, 0) is 0 Å². The van der Waals surface area contributed by atoms with Gasteiger partial charge in [0, 0.05) is 34.2 Å². The predicted octanol–water partition coefficient (Wildman–Crippen LogP) is 6.10. The number of hydrogen-bond acceptors (Lipinski definition) is 5. The smallest absolute Gasteiger partial charge is 0.269 e. The SMILES string of the molecule is O=[N+]([O-])c1ccc(-c2nc(Nc3cccc4ccccc34)c3ccccc3n2)cc1. The Kier molecular flexibility index (Phi) is 4.29. The van der Waals surface area contributed by atoms with Gasteiger partial charge in [0.25, 0.3) is 5.69 Å². The van der Waals surface area contributed by atoms with Crippen molar-refractivity contribution in [3.8, 4) is 11.4 Å². The summed E-state index contributed by atoms with van der Waals surface area (Å²) in [6.45, 7) is 0. The number of nitrogens with zero attached hydrogens (tertiary/aromatic N) is 3. The molecule has 0 unspecified atom stereocenters. The first kappa shape index (κ1) is 17.8. The fourth-order valence-corrected chi connectivity index (χ4v) is 3.50. The molecule has 0 saturated heterocycles. The Morgan fingerprint density at radius 1 is 0.733 bits per heavy atom. The lowest BCUT2D eigenvalue weighted by Crippen LogP contribution is -2.00. The van der Waals surface area contributed by atoms with E-state index in [1.54, 1.807) is 12.1 Å². The van der Waals surface area contributed by atoms with Crippen molar-refractivity contribution in [2.45, 2.75) is 0 Å². The molecule has 6 heteroatoms. The number of rotatable bonds is 4. The summed E-state index contributed by atoms with van der Waals surface area (Å²) in [7, 11) is 0. The maximum absolute atomic E-state index is 11.0. The van der Waals surface area contributed by atoms with Crippen molar-refractivity contribution in [3.63, 3.8) is 0 Å². The number of nitrogens with one attached hydrogen (secondary N) is 1. The number of non-ortho nitro benzene ring substituents is 1. The van der Waals surface area contributed by atoms with Crippen molar-refractivity contribution in [3.05, 3.63) is 101 Å². The van der Waals surface area contributed by atoms with Crippen LogP contribution in [0.25, 0.3) is 33.1 Å². The van der Waals surface area contributed by atoms with E-state index in [0.29, 0.717) is 17.2 Å². The van der Waals surface area contributed by atoms with Crippen LogP contribution in [0.2, 0.25) is 0 Å². The van der Waals surface area contributed by atoms with E-state index in [-0.39, 0.29) is 5.69 Å². The molecule has 0 amide bonds. The number of anilines is 2. The van der Waals surface area contributed by atoms with E-state index >= 15 is 0 Å². The van der Waals surface area contributed by atoms with Crippen LogP contribution in [0.4, 0.5) is 17.2 Å². The average Bonchev–Trinajstić information content (AvgIpc) is 2.79. The Bertz CT molecular complexity index is 1390. The highest BCUT2D eigenvalue weighted by atomic mass is 16.6. The van der Waals surface area contributed by atoms with E-state index in [2.05, 4.69) is 28.5 Å². The molecule has 1 heterocycles. The minimum atomic E-state index is -0.418. The van der Waals surface area contributed by atoms with Gasteiger partial charge in [0.1, 0.15) is 5.82 Å². The number of para-hydroxylation sites is 1. The van der Waals surface area contributed by atoms with Gasteiger partial charge in [-0.15, -0.1) is 0 Å². The molecule has 0 atom stereocenters. The first-order valence-corrected chi connectivity index (χ1v) is 9.45. The van der Waals surface area contributed by atoms with E-state index < -0.39 is 4.92 Å². The van der Waals surface area contributed by atoms with Gasteiger partial charge in [-0.05, 0) is 35.7 Å². The highest BCUT2D eigenvalue weighted by Crippen LogP contribution is 2.31. The molecule has 0 fully saturated rings. The number of nitro groups is 1. The maximum Gasteiger partial charge on any atom is 0.269 e. The summed E-state index contributed by atoms with van der Waals surface area (Å²) in [5.74, 6) is 1.19. The summed E-state index contributed by atoms with van der Waals surface area (Å²) in [6, 6.07) is 28.3. The quantitative estimate of drug-likeness (QED) is 0.295. The van der Waals surface area contributed by atoms with Crippen LogP contribution in [0.5, 0.6) is 0 Å². The van der Waals surface area contributed by atoms with Crippen LogP contribution >= 0.6 is 0 Å². The van der Waals surface area contributed by atoms with Gasteiger partial charge in [-0.2, -0.15) is 0 Å². The standard InChI is InChI=1S/C24H16N4O2/c29-28(30)18-14-12-17(13-15-18)23-25-22-10-4-3-9-20(22)24(27-23)26-21-11-5-7-16-6-1-2-8-19(16)21/h1-15H,(H,25,26,27). The zero-order valence-electron chi connectivity index (χ0n) is 15.8. The van der Waals surface area contributed by atoms with Gasteiger partial charge in [-0.3, -0.25) is 10.1 Å². The molecule has 0 radical (unpaired) electrons. The molecular formula is C24H16N4O2. The third kappa shape index (κ3) is 3.20. The van der Waals surface area contributed by atoms with Crippen LogP contribution in [0.15, 0.2) is 91.0 Å². The summed E-state index contributed by atoms with van der Waals surface area (Å²) in [5, 5.41) is 17.6. The van der Waals surface area contributed by atoms with E-state index in [0.717, 1.165) is 27.4 Å². The van der Waals surface area contributed by atoms with Crippen molar-refractivity contribution >= 4 is 38.9 Å². The van der Waals surface area contributed by atoms with Crippen LogP contribution in [0.1, 0.15) is 0 Å². The Morgan fingerprint density at radius 2 is 1.43 bits per heavy atom. The second kappa shape index (κ2) is 7.25. The first-order valence-electron chi connectivity index (χ1n) is 9.45. The molecule has 0 saturated carbocycles. The highest BCUT2D eigenvalue weighted by Gasteiger charge is 2.12. The molecule has 1 aromatic heterocycles. The second-order valence-electron chi connectivity index (χ2n) is 6.87. The topological polar surface area (TPSA) is 81.0 Å². The van der Waals surface area contributed by atoms with E-state index in [9.17, 15) is 10.1 Å². The fraction of sp³-hybridized carbons (Fsp3) is 0. The van der Waals surface area contributed by atoms with E-state index in [1.807, 2.05) is 48.5 Å². The molecule has 0 aliphatic rings. The van der Waals surface area contributed by atoms with E-state index in [4.69, 9.17) is 4.98 Å². The molecule has 0 bridgehead atoms. The molecule has 5 rings (SSSR count). The van der Waals surface area contributed by atoms with Crippen molar-refractivity contribution in [2.24, 2.45) is 0 Å². The highest BCUT2D eigenvalue weighted by molar-refractivity contribution is 5.99. The Morgan fingerprint density at radius 3 is 2.23 bits per heavy atom. The minimum absolute atomic E-state index is 0.0358. The van der Waals surface area contributed by atoms with Crippen molar-refractivity contribution in [1.82, 2.24) is 9.97 Å². The third-order valence-corrected chi connectivity index (χ3v) is 4.98. The monoisotopic (exact) mass is 392 g/mol. The van der Waals surface area contributed by atoms with E-state index in [1.165, 1.54) is 12.1 Å². The van der Waals surface area contributed by atoms with Crippen LogP contribution in [0.3, 0.4) is 0 Å². The lowest BCUT2D eigenvalue weighted by Gasteiger charge is -2.13. The zero-order chi connectivity index (χ0) is 20.5. The first-order chi connectivity index (χ1) is 14.7. The number of hydrogen-bond donors (Lipinski definition) is 1. The predicted molar refractivity (Wildman–Crippen MR) is 119 cm³/mol. The van der Waals surface area contributed by atoms with Gasteiger partial charge in [0.2, 0.25) is 0 Å². The van der Waals surface area contributed by atoms with Gasteiger partial charge in [-0.25, -0.2) is 9.97 Å². The Balaban J connectivity index is 1.64. The molecule has 5 aromatic rings. The number of benzene rings is 4.